The Labute approximate surface area is 207 Å². The van der Waals surface area contributed by atoms with Gasteiger partial charge >= 0.3 is 0 Å². The number of benzene rings is 2. The Morgan fingerprint density at radius 2 is 1.83 bits per heavy atom. The van der Waals surface area contributed by atoms with Gasteiger partial charge in [0.25, 0.3) is 5.91 Å². The summed E-state index contributed by atoms with van der Waals surface area (Å²) in [7, 11) is 2.21. The molecule has 4 aliphatic heterocycles. The monoisotopic (exact) mass is 471 g/mol. The zero-order valence-corrected chi connectivity index (χ0v) is 20.6. The van der Waals surface area contributed by atoms with Crippen molar-refractivity contribution in [3.05, 3.63) is 59.2 Å². The van der Waals surface area contributed by atoms with Crippen LogP contribution in [0.25, 0.3) is 0 Å². The fraction of sp³-hybridized carbons (Fsp3) is 0.500. The lowest BCUT2D eigenvalue weighted by Gasteiger charge is -2.65. The van der Waals surface area contributed by atoms with Crippen LogP contribution in [0.4, 0.5) is 5.69 Å². The fourth-order valence-corrected chi connectivity index (χ4v) is 6.79. The van der Waals surface area contributed by atoms with Gasteiger partial charge in [-0.3, -0.25) is 14.6 Å². The highest BCUT2D eigenvalue weighted by Crippen LogP contribution is 2.54. The Kier molecular flexibility index (Phi) is 5.37. The second-order valence-corrected chi connectivity index (χ2v) is 10.8. The molecule has 4 aliphatic rings. The first kappa shape index (κ1) is 22.5. The molecule has 35 heavy (non-hydrogen) atoms. The maximum atomic E-state index is 13.9. The van der Waals surface area contributed by atoms with Gasteiger partial charge < -0.3 is 15.0 Å². The maximum absolute atomic E-state index is 13.9. The van der Waals surface area contributed by atoms with Gasteiger partial charge in [0, 0.05) is 54.5 Å². The lowest BCUT2D eigenvalue weighted by atomic mass is 9.67. The molecule has 0 bridgehead atoms. The van der Waals surface area contributed by atoms with E-state index in [4.69, 9.17) is 4.74 Å². The number of carbonyl (C=O) groups excluding carboxylic acids is 1. The number of fused-ring (bicyclic) bond motifs is 1. The van der Waals surface area contributed by atoms with E-state index in [1.165, 1.54) is 25.9 Å². The van der Waals surface area contributed by atoms with Crippen LogP contribution < -0.4 is 10.1 Å². The third-order valence-electron chi connectivity index (χ3n) is 8.50. The van der Waals surface area contributed by atoms with Gasteiger partial charge in [-0.25, -0.2) is 0 Å². The molecule has 4 heterocycles. The number of anilines is 1. The average Bonchev–Trinajstić information content (AvgIpc) is 3.10. The molecule has 3 saturated heterocycles. The van der Waals surface area contributed by atoms with Gasteiger partial charge in [0.15, 0.2) is 5.54 Å². The molecule has 0 aromatic heterocycles. The van der Waals surface area contributed by atoms with Gasteiger partial charge in [0.05, 0.1) is 18.2 Å². The molecule has 1 amide bonds. The SMILES string of the molecule is CCOc1ccccc1C1(N2CC3(CN(C4CCN(C)CC4)C3)C2)C(=O)Nc2ccc(C#N)cc21. The van der Waals surface area contributed by atoms with E-state index in [0.717, 1.165) is 48.7 Å². The highest BCUT2D eigenvalue weighted by atomic mass is 16.5. The van der Waals surface area contributed by atoms with E-state index in [1.807, 2.05) is 43.3 Å². The summed E-state index contributed by atoms with van der Waals surface area (Å²) in [6.07, 6.45) is 2.49. The first-order chi connectivity index (χ1) is 17.0. The Hall–Kier alpha value is -2.92. The molecule has 0 aliphatic carbocycles. The summed E-state index contributed by atoms with van der Waals surface area (Å²) in [4.78, 5) is 21.3. The molecule has 1 spiro atoms. The quantitative estimate of drug-likeness (QED) is 0.723. The number of hydrogen-bond donors (Lipinski definition) is 1. The number of nitriles is 1. The van der Waals surface area contributed by atoms with Crippen molar-refractivity contribution < 1.29 is 9.53 Å². The minimum atomic E-state index is -0.993. The summed E-state index contributed by atoms with van der Waals surface area (Å²) in [5, 5.41) is 12.7. The number of nitrogens with zero attached hydrogens (tertiary/aromatic N) is 4. The molecular formula is C28H33N5O2. The summed E-state index contributed by atoms with van der Waals surface area (Å²) in [5.41, 5.74) is 2.30. The molecular weight excluding hydrogens is 438 g/mol. The van der Waals surface area contributed by atoms with E-state index < -0.39 is 5.54 Å². The molecule has 2 aromatic carbocycles. The number of likely N-dealkylation sites (tertiary alicyclic amines) is 3. The van der Waals surface area contributed by atoms with Gasteiger partial charge in [0.2, 0.25) is 0 Å². The number of rotatable bonds is 5. The van der Waals surface area contributed by atoms with Crippen molar-refractivity contribution in [2.45, 2.75) is 31.3 Å². The molecule has 1 atom stereocenters. The highest BCUT2D eigenvalue weighted by molar-refractivity contribution is 6.09. The van der Waals surface area contributed by atoms with Gasteiger partial charge in [-0.15, -0.1) is 0 Å². The third-order valence-corrected chi connectivity index (χ3v) is 8.50. The van der Waals surface area contributed by atoms with E-state index >= 15 is 0 Å². The number of para-hydroxylation sites is 1. The predicted octanol–water partition coefficient (Wildman–Crippen LogP) is 2.86. The van der Waals surface area contributed by atoms with Crippen LogP contribution in [0, 0.1) is 16.7 Å². The van der Waals surface area contributed by atoms with Crippen LogP contribution >= 0.6 is 0 Å². The van der Waals surface area contributed by atoms with Crippen molar-refractivity contribution in [1.29, 1.82) is 5.26 Å². The van der Waals surface area contributed by atoms with Crippen molar-refractivity contribution in [2.75, 3.05) is 58.2 Å². The van der Waals surface area contributed by atoms with Gasteiger partial charge in [-0.1, -0.05) is 18.2 Å². The molecule has 1 unspecified atom stereocenters. The zero-order chi connectivity index (χ0) is 24.2. The largest absolute Gasteiger partial charge is 0.493 e. The Balaban J connectivity index is 1.33. The van der Waals surface area contributed by atoms with Crippen LogP contribution in [-0.4, -0.2) is 79.6 Å². The standard InChI is InChI=1S/C28H33N5O2/c1-3-35-25-7-5-4-6-22(25)28(23-14-20(15-29)8-9-24(23)30-26(28)34)33-18-27(19-33)16-32(17-27)21-10-12-31(2)13-11-21/h4-9,14,21H,3,10-13,16-19H2,1-2H3,(H,30,34). The van der Waals surface area contributed by atoms with E-state index in [2.05, 4.69) is 33.1 Å². The molecule has 7 heteroatoms. The maximum Gasteiger partial charge on any atom is 0.254 e. The second kappa shape index (κ2) is 8.34. The van der Waals surface area contributed by atoms with Gasteiger partial charge in [-0.05, 0) is 64.2 Å². The smallest absolute Gasteiger partial charge is 0.254 e. The molecule has 6 rings (SSSR count). The lowest BCUT2D eigenvalue weighted by Crippen LogP contribution is -2.77. The average molecular weight is 472 g/mol. The molecule has 1 N–H and O–H groups in total. The number of ether oxygens (including phenoxy) is 1. The summed E-state index contributed by atoms with van der Waals surface area (Å²) in [6.45, 7) is 8.77. The normalized spacial score (nSPS) is 26.5. The van der Waals surface area contributed by atoms with Crippen molar-refractivity contribution in [3.8, 4) is 11.8 Å². The molecule has 3 fully saturated rings. The molecule has 0 saturated carbocycles. The molecule has 182 valence electrons. The predicted molar refractivity (Wildman–Crippen MR) is 134 cm³/mol. The van der Waals surface area contributed by atoms with Crippen LogP contribution in [-0.2, 0) is 10.3 Å². The minimum absolute atomic E-state index is 0.0592. The summed E-state index contributed by atoms with van der Waals surface area (Å²) < 4.78 is 6.03. The van der Waals surface area contributed by atoms with Crippen molar-refractivity contribution >= 4 is 11.6 Å². The van der Waals surface area contributed by atoms with Crippen molar-refractivity contribution in [2.24, 2.45) is 5.41 Å². The van der Waals surface area contributed by atoms with Crippen molar-refractivity contribution in [1.82, 2.24) is 14.7 Å². The highest BCUT2D eigenvalue weighted by Gasteiger charge is 2.63. The Morgan fingerprint density at radius 3 is 2.54 bits per heavy atom. The number of nitrogens with one attached hydrogen (secondary N) is 1. The molecule has 0 radical (unpaired) electrons. The number of amides is 1. The van der Waals surface area contributed by atoms with Gasteiger partial charge in [-0.2, -0.15) is 5.26 Å². The number of piperidine rings is 1. The van der Waals surface area contributed by atoms with Crippen LogP contribution in [0.15, 0.2) is 42.5 Å². The van der Waals surface area contributed by atoms with E-state index in [-0.39, 0.29) is 11.3 Å². The third kappa shape index (κ3) is 3.39. The van der Waals surface area contributed by atoms with Crippen LogP contribution in [0.2, 0.25) is 0 Å². The number of carbonyl (C=O) groups is 1. The van der Waals surface area contributed by atoms with E-state index in [9.17, 15) is 10.1 Å². The second-order valence-electron chi connectivity index (χ2n) is 10.8. The number of hydrogen-bond acceptors (Lipinski definition) is 6. The first-order valence-corrected chi connectivity index (χ1v) is 12.8. The van der Waals surface area contributed by atoms with Gasteiger partial charge in [0.1, 0.15) is 5.75 Å². The molecule has 2 aromatic rings. The zero-order valence-electron chi connectivity index (χ0n) is 20.6. The summed E-state index contributed by atoms with van der Waals surface area (Å²) in [5.74, 6) is 0.666. The lowest BCUT2D eigenvalue weighted by molar-refractivity contribution is -0.169. The van der Waals surface area contributed by atoms with Crippen LogP contribution in [0.5, 0.6) is 5.75 Å². The van der Waals surface area contributed by atoms with Crippen molar-refractivity contribution in [3.63, 3.8) is 0 Å². The topological polar surface area (TPSA) is 71.8 Å². The summed E-state index contributed by atoms with van der Waals surface area (Å²) in [6, 6.07) is 16.3. The Bertz CT molecular complexity index is 1180. The summed E-state index contributed by atoms with van der Waals surface area (Å²) >= 11 is 0. The van der Waals surface area contributed by atoms with Crippen LogP contribution in [0.1, 0.15) is 36.5 Å². The fourth-order valence-electron chi connectivity index (χ4n) is 6.79. The van der Waals surface area contributed by atoms with Crippen LogP contribution in [0.3, 0.4) is 0 Å². The first-order valence-electron chi connectivity index (χ1n) is 12.8. The Morgan fingerprint density at radius 1 is 1.09 bits per heavy atom. The molecule has 7 nitrogen and oxygen atoms in total. The minimum Gasteiger partial charge on any atom is -0.493 e. The van der Waals surface area contributed by atoms with E-state index in [0.29, 0.717) is 18.2 Å². The van der Waals surface area contributed by atoms with E-state index in [1.54, 1.807) is 6.07 Å².